The first-order chi connectivity index (χ1) is 6.76. The maximum atomic E-state index is 11.2. The molecule has 0 aromatic rings. The second-order valence-electron chi connectivity index (χ2n) is 2.39. The molecular weight excluding hydrogens is 178 g/mol. The quantitative estimate of drug-likeness (QED) is 0.524. The van der Waals surface area contributed by atoms with Crippen LogP contribution in [0.3, 0.4) is 0 Å². The van der Waals surface area contributed by atoms with E-state index < -0.39 is 0 Å². The number of likely N-dealkylation sites (N-methyl/N-ethyl adjacent to an activating group) is 1. The van der Waals surface area contributed by atoms with Gasteiger partial charge in [0.2, 0.25) is 0 Å². The smallest absolute Gasteiger partial charge is 0.323 e. The molecule has 0 saturated heterocycles. The minimum absolute atomic E-state index is 0.195. The van der Waals surface area contributed by atoms with Crippen LogP contribution in [0.5, 0.6) is 0 Å². The predicted octanol–water partition coefficient (Wildman–Crippen LogP) is 1.91. The van der Waals surface area contributed by atoms with Crippen LogP contribution < -0.4 is 5.32 Å². The molecule has 0 aliphatic carbocycles. The minimum Gasteiger partial charge on any atom is -0.465 e. The fourth-order valence-electron chi connectivity index (χ4n) is 0.919. The zero-order valence-electron chi connectivity index (χ0n) is 9.21. The van der Waals surface area contributed by atoms with E-state index in [0.717, 1.165) is 6.54 Å². The Bertz CT molecular complexity index is 157. The number of ether oxygens (including phenoxy) is 1. The number of hydrogen-bond acceptors (Lipinski definition) is 3. The minimum atomic E-state index is -0.229. The molecule has 0 aromatic carbocycles. The molecular formula is C11H21NO2. The molecule has 0 fully saturated rings. The van der Waals surface area contributed by atoms with Gasteiger partial charge in [0, 0.05) is 0 Å². The third-order valence-electron chi connectivity index (χ3n) is 1.42. The molecule has 0 radical (unpaired) electrons. The second kappa shape index (κ2) is 11.9. The molecule has 0 bridgehead atoms. The largest absolute Gasteiger partial charge is 0.465 e. The Morgan fingerprint density at radius 1 is 1.50 bits per heavy atom. The summed E-state index contributed by atoms with van der Waals surface area (Å²) in [5.74, 6) is -0.195. The summed E-state index contributed by atoms with van der Waals surface area (Å²) in [6.45, 7) is 14.5. The summed E-state index contributed by atoms with van der Waals surface area (Å²) >= 11 is 0. The van der Waals surface area contributed by atoms with Crippen LogP contribution in [0.1, 0.15) is 20.3 Å². The molecule has 0 saturated carbocycles. The summed E-state index contributed by atoms with van der Waals surface area (Å²) in [7, 11) is 0. The van der Waals surface area contributed by atoms with Gasteiger partial charge in [0.25, 0.3) is 0 Å². The van der Waals surface area contributed by atoms with Crippen LogP contribution in [0.15, 0.2) is 25.8 Å². The van der Waals surface area contributed by atoms with Gasteiger partial charge in [-0.25, -0.2) is 0 Å². The third kappa shape index (κ3) is 7.55. The molecule has 14 heavy (non-hydrogen) atoms. The molecule has 0 heterocycles. The number of esters is 1. The Labute approximate surface area is 86.8 Å². The highest BCUT2D eigenvalue weighted by atomic mass is 16.5. The first-order valence-corrected chi connectivity index (χ1v) is 4.77. The molecule has 0 aliphatic heterocycles. The zero-order valence-corrected chi connectivity index (χ0v) is 9.21. The van der Waals surface area contributed by atoms with Gasteiger partial charge in [-0.2, -0.15) is 0 Å². The molecule has 82 valence electrons. The SMILES string of the molecule is C=C.C=CCC(NCC)C(=O)OCC. The van der Waals surface area contributed by atoms with Crippen molar-refractivity contribution in [1.29, 1.82) is 0 Å². The van der Waals surface area contributed by atoms with E-state index in [-0.39, 0.29) is 12.0 Å². The first-order valence-electron chi connectivity index (χ1n) is 4.77. The van der Waals surface area contributed by atoms with Crippen molar-refractivity contribution < 1.29 is 9.53 Å². The van der Waals surface area contributed by atoms with E-state index in [0.29, 0.717) is 13.0 Å². The van der Waals surface area contributed by atoms with Crippen molar-refractivity contribution >= 4 is 5.97 Å². The number of carbonyl (C=O) groups excluding carboxylic acids is 1. The van der Waals surface area contributed by atoms with E-state index >= 15 is 0 Å². The lowest BCUT2D eigenvalue weighted by atomic mass is 10.2. The zero-order chi connectivity index (χ0) is 11.4. The molecule has 0 amide bonds. The number of rotatable bonds is 6. The Balaban J connectivity index is 0. The first kappa shape index (κ1) is 15.4. The lowest BCUT2D eigenvalue weighted by Crippen LogP contribution is -2.37. The maximum absolute atomic E-state index is 11.2. The normalized spacial score (nSPS) is 10.7. The summed E-state index contributed by atoms with van der Waals surface area (Å²) in [5.41, 5.74) is 0. The number of nitrogens with one attached hydrogen (secondary N) is 1. The molecule has 0 aliphatic rings. The Kier molecular flexibility index (Phi) is 13.1. The fraction of sp³-hybridized carbons (Fsp3) is 0.545. The molecule has 0 rings (SSSR count). The summed E-state index contributed by atoms with van der Waals surface area (Å²) in [6.07, 6.45) is 2.33. The van der Waals surface area contributed by atoms with E-state index in [4.69, 9.17) is 4.74 Å². The molecule has 0 aromatic heterocycles. The Hall–Kier alpha value is -1.09. The van der Waals surface area contributed by atoms with Gasteiger partial charge in [-0.1, -0.05) is 13.0 Å². The van der Waals surface area contributed by atoms with Crippen LogP contribution in [0.25, 0.3) is 0 Å². The molecule has 0 spiro atoms. The highest BCUT2D eigenvalue weighted by molar-refractivity contribution is 5.75. The Morgan fingerprint density at radius 3 is 2.43 bits per heavy atom. The van der Waals surface area contributed by atoms with Crippen molar-refractivity contribution in [3.8, 4) is 0 Å². The highest BCUT2D eigenvalue weighted by Gasteiger charge is 2.15. The summed E-state index contributed by atoms with van der Waals surface area (Å²) in [4.78, 5) is 11.2. The lowest BCUT2D eigenvalue weighted by Gasteiger charge is -2.13. The average molecular weight is 199 g/mol. The van der Waals surface area contributed by atoms with E-state index in [1.165, 1.54) is 0 Å². The lowest BCUT2D eigenvalue weighted by molar-refractivity contribution is -0.145. The van der Waals surface area contributed by atoms with Gasteiger partial charge >= 0.3 is 5.97 Å². The molecule has 3 nitrogen and oxygen atoms in total. The standard InChI is InChI=1S/C9H17NO2.C2H4/c1-4-7-8(10-5-2)9(11)12-6-3;1-2/h4,8,10H,1,5-7H2,2-3H3;1-2H2. The van der Waals surface area contributed by atoms with Crippen LogP contribution >= 0.6 is 0 Å². The van der Waals surface area contributed by atoms with Crippen LogP contribution in [0.2, 0.25) is 0 Å². The monoisotopic (exact) mass is 199 g/mol. The van der Waals surface area contributed by atoms with E-state index in [1.807, 2.05) is 6.92 Å². The maximum Gasteiger partial charge on any atom is 0.323 e. The van der Waals surface area contributed by atoms with Crippen molar-refractivity contribution in [2.75, 3.05) is 13.2 Å². The summed E-state index contributed by atoms with van der Waals surface area (Å²) in [5, 5.41) is 3.02. The van der Waals surface area contributed by atoms with Crippen molar-refractivity contribution in [2.45, 2.75) is 26.3 Å². The highest BCUT2D eigenvalue weighted by Crippen LogP contribution is 1.95. The summed E-state index contributed by atoms with van der Waals surface area (Å²) in [6, 6.07) is -0.229. The van der Waals surface area contributed by atoms with Crippen LogP contribution in [-0.2, 0) is 9.53 Å². The summed E-state index contributed by atoms with van der Waals surface area (Å²) < 4.78 is 4.86. The molecule has 1 unspecified atom stereocenters. The van der Waals surface area contributed by atoms with Crippen molar-refractivity contribution in [2.24, 2.45) is 0 Å². The topological polar surface area (TPSA) is 38.3 Å². The van der Waals surface area contributed by atoms with Crippen molar-refractivity contribution in [3.63, 3.8) is 0 Å². The fourth-order valence-corrected chi connectivity index (χ4v) is 0.919. The van der Waals surface area contributed by atoms with Gasteiger partial charge < -0.3 is 10.1 Å². The van der Waals surface area contributed by atoms with Crippen molar-refractivity contribution in [1.82, 2.24) is 5.32 Å². The molecule has 1 N–H and O–H groups in total. The van der Waals surface area contributed by atoms with Crippen LogP contribution in [0.4, 0.5) is 0 Å². The van der Waals surface area contributed by atoms with Crippen molar-refractivity contribution in [3.05, 3.63) is 25.8 Å². The molecule has 1 atom stereocenters. The van der Waals surface area contributed by atoms with Gasteiger partial charge in [-0.15, -0.1) is 19.7 Å². The predicted molar refractivity (Wildman–Crippen MR) is 60.2 cm³/mol. The van der Waals surface area contributed by atoms with E-state index in [9.17, 15) is 4.79 Å². The molecule has 3 heteroatoms. The average Bonchev–Trinajstić information content (AvgIpc) is 2.21. The second-order valence-corrected chi connectivity index (χ2v) is 2.39. The number of hydrogen-bond donors (Lipinski definition) is 1. The number of carbonyl (C=O) groups is 1. The van der Waals surface area contributed by atoms with Gasteiger partial charge in [0.1, 0.15) is 6.04 Å². The van der Waals surface area contributed by atoms with Crippen LogP contribution in [0, 0.1) is 0 Å². The van der Waals surface area contributed by atoms with E-state index in [1.54, 1.807) is 13.0 Å². The van der Waals surface area contributed by atoms with Crippen LogP contribution in [-0.4, -0.2) is 25.2 Å². The van der Waals surface area contributed by atoms with Gasteiger partial charge in [0.05, 0.1) is 6.61 Å². The third-order valence-corrected chi connectivity index (χ3v) is 1.42. The Morgan fingerprint density at radius 2 is 2.07 bits per heavy atom. The van der Waals surface area contributed by atoms with Gasteiger partial charge in [0.15, 0.2) is 0 Å². The van der Waals surface area contributed by atoms with E-state index in [2.05, 4.69) is 25.1 Å². The van der Waals surface area contributed by atoms with Gasteiger partial charge in [-0.05, 0) is 19.9 Å². The van der Waals surface area contributed by atoms with Gasteiger partial charge in [-0.3, -0.25) is 4.79 Å².